The number of nitrogens with zero attached hydrogens (tertiary/aromatic N) is 1. The van der Waals surface area contributed by atoms with Crippen LogP contribution in [0.25, 0.3) is 0 Å². The average Bonchev–Trinajstić information content (AvgIpc) is 2.57. The van der Waals surface area contributed by atoms with Gasteiger partial charge < -0.3 is 14.8 Å². The summed E-state index contributed by atoms with van der Waals surface area (Å²) in [5.41, 5.74) is 0.751. The van der Waals surface area contributed by atoms with Crippen molar-refractivity contribution in [1.29, 1.82) is 0 Å². The Morgan fingerprint density at radius 3 is 2.52 bits per heavy atom. The molecular weight excluding hydrogens is 367 g/mol. The Balaban J connectivity index is 1.89. The normalized spacial score (nSPS) is 11.5. The highest BCUT2D eigenvalue weighted by atomic mass is 35.5. The van der Waals surface area contributed by atoms with Gasteiger partial charge in [-0.25, -0.2) is 4.98 Å². The molecule has 1 heterocycles. The monoisotopic (exact) mass is 382 g/mol. The number of benzene rings is 1. The van der Waals surface area contributed by atoms with Gasteiger partial charge in [0, 0.05) is 6.20 Å². The molecule has 25 heavy (non-hydrogen) atoms. The van der Waals surface area contributed by atoms with Gasteiger partial charge in [-0.1, -0.05) is 35.3 Å². The summed E-state index contributed by atoms with van der Waals surface area (Å²) in [7, 11) is 1.56. The van der Waals surface area contributed by atoms with Crippen molar-refractivity contribution in [2.75, 3.05) is 12.4 Å². The van der Waals surface area contributed by atoms with E-state index in [0.29, 0.717) is 10.8 Å². The molecule has 6 nitrogen and oxygen atoms in total. The number of rotatable bonds is 6. The van der Waals surface area contributed by atoms with Crippen LogP contribution in [0.4, 0.5) is 5.82 Å². The van der Waals surface area contributed by atoms with E-state index in [4.69, 9.17) is 32.7 Å². The number of carbonyl (C=O) groups is 2. The molecule has 1 aromatic carbocycles. The number of ether oxygens (including phenoxy) is 2. The summed E-state index contributed by atoms with van der Waals surface area (Å²) in [6, 6.07) is 8.44. The summed E-state index contributed by atoms with van der Waals surface area (Å²) in [5.74, 6) is -0.228. The Hall–Kier alpha value is -2.31. The molecule has 1 aromatic heterocycles. The second-order valence-corrected chi connectivity index (χ2v) is 5.97. The Labute approximate surface area is 155 Å². The number of hydrogen-bond donors (Lipinski definition) is 1. The molecule has 0 bridgehead atoms. The Morgan fingerprint density at radius 1 is 1.24 bits per heavy atom. The first kappa shape index (κ1) is 19.0. The van der Waals surface area contributed by atoms with E-state index in [0.717, 1.165) is 5.56 Å². The van der Waals surface area contributed by atoms with Crippen molar-refractivity contribution in [2.24, 2.45) is 0 Å². The van der Waals surface area contributed by atoms with Gasteiger partial charge in [0.25, 0.3) is 5.91 Å². The van der Waals surface area contributed by atoms with Crippen LogP contribution in [-0.4, -0.2) is 30.1 Å². The van der Waals surface area contributed by atoms with Gasteiger partial charge >= 0.3 is 5.97 Å². The number of methoxy groups -OCH3 is 1. The minimum absolute atomic E-state index is 0.0432. The Morgan fingerprint density at radius 2 is 1.92 bits per heavy atom. The van der Waals surface area contributed by atoms with Gasteiger partial charge in [0.05, 0.1) is 23.6 Å². The summed E-state index contributed by atoms with van der Waals surface area (Å²) < 4.78 is 10.2. The molecule has 0 aliphatic rings. The van der Waals surface area contributed by atoms with Gasteiger partial charge in [0.1, 0.15) is 5.75 Å². The molecule has 0 aliphatic heterocycles. The largest absolute Gasteiger partial charge is 0.497 e. The van der Waals surface area contributed by atoms with Crippen LogP contribution in [0.5, 0.6) is 5.75 Å². The second kappa shape index (κ2) is 8.69. The van der Waals surface area contributed by atoms with Crippen molar-refractivity contribution >= 4 is 40.9 Å². The van der Waals surface area contributed by atoms with Crippen molar-refractivity contribution in [1.82, 2.24) is 4.98 Å². The molecule has 2 aromatic rings. The summed E-state index contributed by atoms with van der Waals surface area (Å²) in [4.78, 5) is 28.0. The molecule has 0 fully saturated rings. The van der Waals surface area contributed by atoms with E-state index in [9.17, 15) is 9.59 Å². The van der Waals surface area contributed by atoms with Crippen LogP contribution < -0.4 is 10.1 Å². The van der Waals surface area contributed by atoms with Gasteiger partial charge in [-0.3, -0.25) is 9.59 Å². The molecule has 132 valence electrons. The van der Waals surface area contributed by atoms with E-state index in [1.165, 1.54) is 19.2 Å². The SMILES string of the molecule is COc1ccc(CC(=O)O[C@H](C)C(=O)Nc2ncc(Cl)cc2Cl)cc1. The quantitative estimate of drug-likeness (QED) is 0.773. The molecular formula is C17H16Cl2N2O4. The highest BCUT2D eigenvalue weighted by molar-refractivity contribution is 6.36. The van der Waals surface area contributed by atoms with Gasteiger partial charge in [0.2, 0.25) is 0 Å². The standard InChI is InChI=1S/C17H16Cl2N2O4/c1-10(17(23)21-16-14(19)8-12(18)9-20-16)25-15(22)7-11-3-5-13(24-2)6-4-11/h3-6,8-10H,7H2,1-2H3,(H,20,21,23)/t10-/m1/s1. The minimum Gasteiger partial charge on any atom is -0.497 e. The fourth-order valence-corrected chi connectivity index (χ4v) is 2.35. The number of carbonyl (C=O) groups excluding carboxylic acids is 2. The lowest BCUT2D eigenvalue weighted by atomic mass is 10.1. The van der Waals surface area contributed by atoms with Gasteiger partial charge in [-0.15, -0.1) is 0 Å². The molecule has 8 heteroatoms. The van der Waals surface area contributed by atoms with Crippen LogP contribution in [0, 0.1) is 0 Å². The molecule has 0 spiro atoms. The first-order valence-corrected chi connectivity index (χ1v) is 8.09. The third-order valence-corrected chi connectivity index (χ3v) is 3.73. The molecule has 0 saturated carbocycles. The molecule has 1 amide bonds. The lowest BCUT2D eigenvalue weighted by Crippen LogP contribution is -2.30. The molecule has 1 N–H and O–H groups in total. The van der Waals surface area contributed by atoms with Crippen molar-refractivity contribution in [3.05, 3.63) is 52.1 Å². The van der Waals surface area contributed by atoms with Crippen molar-refractivity contribution in [3.8, 4) is 5.75 Å². The van der Waals surface area contributed by atoms with Crippen molar-refractivity contribution in [2.45, 2.75) is 19.4 Å². The second-order valence-electron chi connectivity index (χ2n) is 5.13. The summed E-state index contributed by atoms with van der Waals surface area (Å²) in [6.45, 7) is 1.46. The van der Waals surface area contributed by atoms with Gasteiger partial charge in [0.15, 0.2) is 11.9 Å². The first-order valence-electron chi connectivity index (χ1n) is 7.33. The fourth-order valence-electron chi connectivity index (χ4n) is 1.93. The van der Waals surface area contributed by atoms with E-state index in [-0.39, 0.29) is 17.3 Å². The zero-order chi connectivity index (χ0) is 18.4. The fraction of sp³-hybridized carbons (Fsp3) is 0.235. The lowest BCUT2D eigenvalue weighted by Gasteiger charge is -2.14. The molecule has 1 atom stereocenters. The molecule has 0 unspecified atom stereocenters. The summed E-state index contributed by atoms with van der Waals surface area (Å²) in [5, 5.41) is 3.03. The van der Waals surface area contributed by atoms with Crippen LogP contribution in [-0.2, 0) is 20.7 Å². The van der Waals surface area contributed by atoms with Gasteiger partial charge in [-0.2, -0.15) is 0 Å². The zero-order valence-corrected chi connectivity index (χ0v) is 15.1. The third-order valence-electron chi connectivity index (χ3n) is 3.23. The number of esters is 1. The maximum absolute atomic E-state index is 12.1. The Kier molecular flexibility index (Phi) is 6.61. The van der Waals surface area contributed by atoms with E-state index in [1.807, 2.05) is 0 Å². The average molecular weight is 383 g/mol. The minimum atomic E-state index is -1.00. The van der Waals surface area contributed by atoms with Crippen LogP contribution in [0.15, 0.2) is 36.5 Å². The highest BCUT2D eigenvalue weighted by Gasteiger charge is 2.19. The number of aromatic nitrogens is 1. The van der Waals surface area contributed by atoms with Crippen LogP contribution in [0.2, 0.25) is 10.0 Å². The van der Waals surface area contributed by atoms with E-state index in [1.54, 1.807) is 31.4 Å². The molecule has 0 aliphatic carbocycles. The van der Waals surface area contributed by atoms with E-state index < -0.39 is 18.0 Å². The molecule has 0 radical (unpaired) electrons. The number of hydrogen-bond acceptors (Lipinski definition) is 5. The van der Waals surface area contributed by atoms with E-state index >= 15 is 0 Å². The van der Waals surface area contributed by atoms with Crippen LogP contribution >= 0.6 is 23.2 Å². The first-order chi connectivity index (χ1) is 11.9. The molecule has 0 saturated heterocycles. The lowest BCUT2D eigenvalue weighted by molar-refractivity contribution is -0.152. The summed E-state index contributed by atoms with van der Waals surface area (Å²) >= 11 is 11.7. The van der Waals surface area contributed by atoms with E-state index in [2.05, 4.69) is 10.3 Å². The number of halogens is 2. The van der Waals surface area contributed by atoms with Crippen LogP contribution in [0.3, 0.4) is 0 Å². The third kappa shape index (κ3) is 5.62. The molecule has 2 rings (SSSR count). The zero-order valence-electron chi connectivity index (χ0n) is 13.6. The Bertz CT molecular complexity index is 766. The highest BCUT2D eigenvalue weighted by Crippen LogP contribution is 2.22. The van der Waals surface area contributed by atoms with Gasteiger partial charge in [-0.05, 0) is 30.7 Å². The summed E-state index contributed by atoms with van der Waals surface area (Å²) in [6.07, 6.45) is 0.393. The van der Waals surface area contributed by atoms with Crippen molar-refractivity contribution in [3.63, 3.8) is 0 Å². The topological polar surface area (TPSA) is 77.5 Å². The number of pyridine rings is 1. The van der Waals surface area contributed by atoms with Crippen molar-refractivity contribution < 1.29 is 19.1 Å². The maximum Gasteiger partial charge on any atom is 0.311 e. The number of nitrogens with one attached hydrogen (secondary N) is 1. The predicted octanol–water partition coefficient (Wildman–Crippen LogP) is 3.51. The van der Waals surface area contributed by atoms with Crippen LogP contribution in [0.1, 0.15) is 12.5 Å². The predicted molar refractivity (Wildman–Crippen MR) is 95.1 cm³/mol. The number of amides is 1. The smallest absolute Gasteiger partial charge is 0.311 e. The number of anilines is 1. The maximum atomic E-state index is 12.1.